The van der Waals surface area contributed by atoms with Gasteiger partial charge >= 0.3 is 0 Å². The molecule has 1 saturated carbocycles. The fourth-order valence-corrected chi connectivity index (χ4v) is 7.79. The third-order valence-corrected chi connectivity index (χ3v) is 10.3. The fourth-order valence-electron chi connectivity index (χ4n) is 7.79. The number of aromatic nitrogens is 1. The van der Waals surface area contributed by atoms with Crippen molar-refractivity contribution in [2.45, 2.75) is 12.3 Å². The lowest BCUT2D eigenvalue weighted by molar-refractivity contribution is 0.969. The van der Waals surface area contributed by atoms with E-state index >= 15 is 0 Å². The first kappa shape index (κ1) is 28.6. The summed E-state index contributed by atoms with van der Waals surface area (Å²) < 4.78 is 2.52. The fraction of sp³-hybridized carbons (Fsp3) is 0.0417. The lowest BCUT2D eigenvalue weighted by atomic mass is 9.96. The second-order valence-electron chi connectivity index (χ2n) is 13.5. The van der Waals surface area contributed by atoms with Crippen molar-refractivity contribution < 1.29 is 0 Å². The van der Waals surface area contributed by atoms with E-state index in [2.05, 4.69) is 192 Å². The Kier molecular flexibility index (Phi) is 6.67. The largest absolute Gasteiger partial charge is 0.355 e. The highest BCUT2D eigenvalue weighted by Crippen LogP contribution is 2.57. The second-order valence-corrected chi connectivity index (χ2v) is 13.5. The highest BCUT2D eigenvalue weighted by Gasteiger charge is 2.42. The van der Waals surface area contributed by atoms with Crippen LogP contribution in [0.15, 0.2) is 181 Å². The van der Waals surface area contributed by atoms with Gasteiger partial charge in [-0.15, -0.1) is 0 Å². The Morgan fingerprint density at radius 2 is 1.08 bits per heavy atom. The Bertz CT molecular complexity index is 2580. The molecule has 1 heterocycles. The molecular weight excluding hydrogens is 605 g/mol. The number of nitrogens with one attached hydrogen (secondary N) is 1. The average Bonchev–Trinajstić information content (AvgIpc) is 3.75. The van der Waals surface area contributed by atoms with Gasteiger partial charge in [0.05, 0.1) is 5.52 Å². The van der Waals surface area contributed by atoms with E-state index in [4.69, 9.17) is 0 Å². The quantitative estimate of drug-likeness (QED) is 0.184. The zero-order valence-corrected chi connectivity index (χ0v) is 27.6. The van der Waals surface area contributed by atoms with E-state index in [1.165, 1.54) is 78.8 Å². The molecule has 2 nitrogen and oxygen atoms in total. The van der Waals surface area contributed by atoms with E-state index in [-0.39, 0.29) is 0 Å². The first-order valence-electron chi connectivity index (χ1n) is 17.4. The van der Waals surface area contributed by atoms with Gasteiger partial charge in [-0.25, -0.2) is 0 Å². The minimum atomic E-state index is 0.539. The smallest absolute Gasteiger partial charge is 0.0538 e. The summed E-state index contributed by atoms with van der Waals surface area (Å²) in [6.07, 6.45) is 3.63. The van der Waals surface area contributed by atoms with E-state index in [1.807, 2.05) is 0 Å². The number of anilines is 2. The minimum absolute atomic E-state index is 0.539. The van der Waals surface area contributed by atoms with Gasteiger partial charge in [-0.3, -0.25) is 0 Å². The summed E-state index contributed by atoms with van der Waals surface area (Å²) in [5.74, 6) is 0.539. The van der Waals surface area contributed by atoms with Gasteiger partial charge in [0.15, 0.2) is 0 Å². The van der Waals surface area contributed by atoms with Crippen molar-refractivity contribution in [3.05, 3.63) is 193 Å². The molecule has 0 saturated heterocycles. The lowest BCUT2D eigenvalue weighted by Crippen LogP contribution is -1.99. The van der Waals surface area contributed by atoms with Crippen LogP contribution in [0.4, 0.5) is 11.4 Å². The lowest BCUT2D eigenvalue weighted by Gasteiger charge is -2.16. The maximum Gasteiger partial charge on any atom is 0.0538 e. The monoisotopic (exact) mass is 638 g/mol. The van der Waals surface area contributed by atoms with E-state index in [0.29, 0.717) is 5.92 Å². The maximum atomic E-state index is 3.76. The first-order chi connectivity index (χ1) is 24.8. The molecule has 1 atom stereocenters. The van der Waals surface area contributed by atoms with Crippen LogP contribution in [0.25, 0.3) is 67.2 Å². The van der Waals surface area contributed by atoms with Crippen molar-refractivity contribution >= 4 is 28.4 Å². The molecule has 2 aliphatic rings. The molecule has 2 heteroatoms. The van der Waals surface area contributed by atoms with Gasteiger partial charge in [-0.1, -0.05) is 139 Å². The molecule has 1 aromatic heterocycles. The van der Waals surface area contributed by atoms with Gasteiger partial charge in [0.1, 0.15) is 0 Å². The zero-order valence-electron chi connectivity index (χ0n) is 27.6. The summed E-state index contributed by atoms with van der Waals surface area (Å²) in [6, 6.07) is 63.5. The highest BCUT2D eigenvalue weighted by atomic mass is 15.0. The van der Waals surface area contributed by atoms with Crippen LogP contribution in [0, 0.1) is 0 Å². The minimum Gasteiger partial charge on any atom is -0.355 e. The molecule has 1 N–H and O–H groups in total. The molecule has 1 unspecified atom stereocenters. The number of benzene rings is 7. The topological polar surface area (TPSA) is 17.0 Å². The number of hydrogen-bond donors (Lipinski definition) is 1. The van der Waals surface area contributed by atoms with Crippen molar-refractivity contribution in [3.8, 4) is 50.2 Å². The molecule has 10 rings (SSSR count). The predicted molar refractivity (Wildman–Crippen MR) is 210 cm³/mol. The number of rotatable bonds is 7. The molecule has 0 aliphatic heterocycles. The second kappa shape index (κ2) is 11.6. The van der Waals surface area contributed by atoms with E-state index in [1.54, 1.807) is 5.57 Å². The van der Waals surface area contributed by atoms with E-state index < -0.39 is 0 Å². The Morgan fingerprint density at radius 1 is 0.480 bits per heavy atom. The van der Waals surface area contributed by atoms with Crippen LogP contribution < -0.4 is 5.32 Å². The van der Waals surface area contributed by atoms with Gasteiger partial charge in [-0.05, 0) is 93.9 Å². The summed E-state index contributed by atoms with van der Waals surface area (Å²) in [5, 5.41) is 5.08. The Labute approximate surface area is 292 Å². The number of nitrogens with zero attached hydrogens (tertiary/aromatic N) is 1. The summed E-state index contributed by atoms with van der Waals surface area (Å²) in [7, 11) is 0. The molecule has 0 radical (unpaired) electrons. The molecule has 2 aliphatic carbocycles. The summed E-state index contributed by atoms with van der Waals surface area (Å²) in [6.45, 7) is 0. The molecule has 7 aromatic carbocycles. The number of hydrogen-bond acceptors (Lipinski definition) is 1. The maximum absolute atomic E-state index is 3.76. The van der Waals surface area contributed by atoms with Crippen LogP contribution in [-0.4, -0.2) is 4.57 Å². The SMILES string of the molecule is C1=C2CC2c2c1c1cc(-c3ccc(Nc4cccc(-c5ccccc5)c4)c(-c4ccccc4)c3)ccc1n2-c1cccc(-c2ccccc2)c1. The van der Waals surface area contributed by atoms with Crippen LogP contribution in [0.5, 0.6) is 0 Å². The van der Waals surface area contributed by atoms with Gasteiger partial charge in [0, 0.05) is 45.2 Å². The number of allylic oxidation sites excluding steroid dienone is 1. The normalized spacial score (nSPS) is 14.2. The van der Waals surface area contributed by atoms with Crippen LogP contribution in [-0.2, 0) is 0 Å². The Morgan fingerprint density at radius 3 is 1.82 bits per heavy atom. The summed E-state index contributed by atoms with van der Waals surface area (Å²) >= 11 is 0. The standard InChI is InChI=1S/C48H34N2/c1-4-12-32(13-5-1)35-18-10-20-40(26-35)49-46-24-22-37(28-42(46)34-16-8-3-9-17-34)38-23-25-47-44(29-38)45-31-39-30-43(39)48(45)50(47)41-21-11-19-36(27-41)33-14-6-2-7-15-33/h1-29,31,43,49H,30H2. The first-order valence-corrected chi connectivity index (χ1v) is 17.4. The molecule has 50 heavy (non-hydrogen) atoms. The molecule has 0 bridgehead atoms. The third kappa shape index (κ3) is 4.96. The van der Waals surface area contributed by atoms with Crippen molar-refractivity contribution in [1.29, 1.82) is 0 Å². The molecule has 8 aromatic rings. The zero-order chi connectivity index (χ0) is 33.0. The summed E-state index contributed by atoms with van der Waals surface area (Å²) in [4.78, 5) is 0. The van der Waals surface area contributed by atoms with E-state index in [9.17, 15) is 0 Å². The number of fused-ring (bicyclic) bond motifs is 5. The van der Waals surface area contributed by atoms with Crippen molar-refractivity contribution in [2.24, 2.45) is 0 Å². The molecule has 0 spiro atoms. The van der Waals surface area contributed by atoms with Gasteiger partial charge < -0.3 is 9.88 Å². The van der Waals surface area contributed by atoms with Crippen molar-refractivity contribution in [3.63, 3.8) is 0 Å². The third-order valence-electron chi connectivity index (χ3n) is 10.3. The van der Waals surface area contributed by atoms with Crippen LogP contribution in [0.3, 0.4) is 0 Å². The molecule has 1 fully saturated rings. The Hall–Kier alpha value is -6.38. The van der Waals surface area contributed by atoms with Gasteiger partial charge in [-0.2, -0.15) is 0 Å². The van der Waals surface area contributed by atoms with Gasteiger partial charge in [0.2, 0.25) is 0 Å². The van der Waals surface area contributed by atoms with Crippen LogP contribution in [0.1, 0.15) is 23.6 Å². The molecule has 236 valence electrons. The predicted octanol–water partition coefficient (Wildman–Crippen LogP) is 12.9. The van der Waals surface area contributed by atoms with Crippen molar-refractivity contribution in [1.82, 2.24) is 4.57 Å². The molecular formula is C48H34N2. The summed E-state index contributed by atoms with van der Waals surface area (Å²) in [5.41, 5.74) is 18.7. The Balaban J connectivity index is 1.06. The van der Waals surface area contributed by atoms with E-state index in [0.717, 1.165) is 11.4 Å². The van der Waals surface area contributed by atoms with Crippen LogP contribution in [0.2, 0.25) is 0 Å². The molecule has 0 amide bonds. The van der Waals surface area contributed by atoms with Crippen molar-refractivity contribution in [2.75, 3.05) is 5.32 Å². The van der Waals surface area contributed by atoms with Crippen LogP contribution >= 0.6 is 0 Å². The highest BCUT2D eigenvalue weighted by molar-refractivity contribution is 6.00. The average molecular weight is 639 g/mol. The van der Waals surface area contributed by atoms with Gasteiger partial charge in [0.25, 0.3) is 0 Å².